The second-order valence-electron chi connectivity index (χ2n) is 11.8. The molecule has 2 heterocycles. The molecule has 0 aliphatic heterocycles. The quantitative estimate of drug-likeness (QED) is 0.382. The van der Waals surface area contributed by atoms with E-state index in [-0.39, 0.29) is 29.0 Å². The van der Waals surface area contributed by atoms with Crippen LogP contribution in [0.1, 0.15) is 77.7 Å². The number of hydrogen-bond acceptors (Lipinski definition) is 8. The molecule has 0 radical (unpaired) electrons. The molecule has 0 spiro atoms. The molecule has 5 rings (SSSR count). The Hall–Kier alpha value is -3.12. The average molecular weight is 586 g/mol. The minimum atomic E-state index is -3.71. The van der Waals surface area contributed by atoms with Crippen molar-refractivity contribution in [2.45, 2.75) is 95.0 Å². The molecule has 3 aromatic rings. The van der Waals surface area contributed by atoms with Crippen LogP contribution in [0.3, 0.4) is 0 Å². The minimum Gasteiger partial charge on any atom is -0.351 e. The van der Waals surface area contributed by atoms with Crippen LogP contribution in [-0.2, 0) is 10.0 Å². The third-order valence-electron chi connectivity index (χ3n) is 8.39. The van der Waals surface area contributed by atoms with Gasteiger partial charge in [-0.1, -0.05) is 25.3 Å². The molecule has 2 saturated carbocycles. The highest BCUT2D eigenvalue weighted by Gasteiger charge is 2.28. The molecule has 2 fully saturated rings. The lowest BCUT2D eigenvalue weighted by Crippen LogP contribution is -2.36. The molecule has 2 N–H and O–H groups in total. The van der Waals surface area contributed by atoms with Crippen molar-refractivity contribution in [1.29, 1.82) is 0 Å². The number of nitrogens with zero attached hydrogens (tertiary/aromatic N) is 5. The molecule has 0 saturated heterocycles. The van der Waals surface area contributed by atoms with Crippen LogP contribution in [0.15, 0.2) is 29.2 Å². The Morgan fingerprint density at radius 1 is 1.02 bits per heavy atom. The first-order chi connectivity index (χ1) is 19.5. The maximum Gasteiger partial charge on any atom is 0.278 e. The number of halogens is 1. The summed E-state index contributed by atoms with van der Waals surface area (Å²) in [5.74, 6) is -0.311. The predicted octanol–water partition coefficient (Wildman–Crippen LogP) is 4.93. The van der Waals surface area contributed by atoms with Crippen LogP contribution in [0.25, 0.3) is 22.4 Å². The lowest BCUT2D eigenvalue weighted by molar-refractivity contribution is 0.221. The van der Waals surface area contributed by atoms with Crippen molar-refractivity contribution in [3.8, 4) is 11.3 Å². The van der Waals surface area contributed by atoms with E-state index in [0.29, 0.717) is 36.0 Å². The maximum atomic E-state index is 15.2. The largest absolute Gasteiger partial charge is 0.351 e. The molecule has 0 bridgehead atoms. The Labute approximate surface area is 240 Å². The van der Waals surface area contributed by atoms with Gasteiger partial charge in [0.15, 0.2) is 5.65 Å². The molecular weight excluding hydrogens is 545 g/mol. The fraction of sp³-hybridized carbons (Fsp3) is 0.586. The van der Waals surface area contributed by atoms with Crippen molar-refractivity contribution in [2.24, 2.45) is 0 Å². The summed E-state index contributed by atoms with van der Waals surface area (Å²) < 4.78 is 44.8. The van der Waals surface area contributed by atoms with Gasteiger partial charge in [0, 0.05) is 23.7 Å². The lowest BCUT2D eigenvalue weighted by Gasteiger charge is -2.32. The average Bonchev–Trinajstić information content (AvgIpc) is 2.94. The molecule has 12 heteroatoms. The molecule has 1 aromatic carbocycles. The number of benzene rings is 1. The zero-order chi connectivity index (χ0) is 29.3. The summed E-state index contributed by atoms with van der Waals surface area (Å²) in [4.78, 5) is 29.6. The van der Waals surface area contributed by atoms with E-state index in [4.69, 9.17) is 0 Å². The Morgan fingerprint density at radius 2 is 1.73 bits per heavy atom. The van der Waals surface area contributed by atoms with Crippen molar-refractivity contribution < 1.29 is 12.8 Å². The van der Waals surface area contributed by atoms with Crippen molar-refractivity contribution in [3.63, 3.8) is 0 Å². The van der Waals surface area contributed by atoms with E-state index in [1.807, 2.05) is 13.8 Å². The van der Waals surface area contributed by atoms with Gasteiger partial charge in [0.2, 0.25) is 16.0 Å². The van der Waals surface area contributed by atoms with E-state index in [1.165, 1.54) is 12.1 Å². The number of aromatic nitrogens is 4. The smallest absolute Gasteiger partial charge is 0.278 e. The molecule has 2 aliphatic rings. The summed E-state index contributed by atoms with van der Waals surface area (Å²) in [7, 11) is 0.512. The third-order valence-corrected chi connectivity index (χ3v) is 10.2. The minimum absolute atomic E-state index is 0.0538. The molecule has 2 aliphatic carbocycles. The van der Waals surface area contributed by atoms with Gasteiger partial charge in [-0.2, -0.15) is 4.98 Å². The van der Waals surface area contributed by atoms with Crippen LogP contribution in [-0.4, -0.2) is 64.3 Å². The second-order valence-corrected chi connectivity index (χ2v) is 13.8. The summed E-state index contributed by atoms with van der Waals surface area (Å²) in [5.41, 5.74) is 0.590. The third kappa shape index (κ3) is 6.38. The summed E-state index contributed by atoms with van der Waals surface area (Å²) in [6.45, 7) is 3.76. The van der Waals surface area contributed by atoms with E-state index in [2.05, 4.69) is 44.0 Å². The summed E-state index contributed by atoms with van der Waals surface area (Å²) in [6.07, 6.45) is 9.65. The second kappa shape index (κ2) is 12.0. The van der Waals surface area contributed by atoms with Gasteiger partial charge in [-0.3, -0.25) is 14.1 Å². The lowest BCUT2D eigenvalue weighted by atomic mass is 9.91. The van der Waals surface area contributed by atoms with Gasteiger partial charge in [-0.15, -0.1) is 0 Å². The van der Waals surface area contributed by atoms with Gasteiger partial charge in [-0.05, 0) is 78.6 Å². The number of hydrogen-bond donors (Lipinski definition) is 2. The van der Waals surface area contributed by atoms with Gasteiger partial charge in [0.1, 0.15) is 17.0 Å². The van der Waals surface area contributed by atoms with Gasteiger partial charge in [0.05, 0.1) is 17.1 Å². The van der Waals surface area contributed by atoms with Crippen LogP contribution >= 0.6 is 0 Å². The Balaban J connectivity index is 1.42. The highest BCUT2D eigenvalue weighted by molar-refractivity contribution is 7.93. The topological polar surface area (TPSA) is 122 Å². The number of sulfonamides is 1. The van der Waals surface area contributed by atoms with Crippen molar-refractivity contribution in [1.82, 2.24) is 24.4 Å². The highest BCUT2D eigenvalue weighted by atomic mass is 32.2. The fourth-order valence-corrected chi connectivity index (χ4v) is 7.61. The van der Waals surface area contributed by atoms with Crippen molar-refractivity contribution in [2.75, 3.05) is 24.1 Å². The van der Waals surface area contributed by atoms with E-state index < -0.39 is 26.6 Å². The molecule has 0 atom stereocenters. The summed E-state index contributed by atoms with van der Waals surface area (Å²) in [6, 6.07) is 4.62. The first-order valence-corrected chi connectivity index (χ1v) is 16.1. The Kier molecular flexibility index (Phi) is 8.60. The van der Waals surface area contributed by atoms with Gasteiger partial charge < -0.3 is 10.2 Å². The predicted molar refractivity (Wildman–Crippen MR) is 160 cm³/mol. The van der Waals surface area contributed by atoms with Crippen LogP contribution in [0.4, 0.5) is 16.0 Å². The van der Waals surface area contributed by atoms with Crippen molar-refractivity contribution >= 4 is 32.8 Å². The van der Waals surface area contributed by atoms with Gasteiger partial charge in [0.25, 0.3) is 5.56 Å². The zero-order valence-corrected chi connectivity index (χ0v) is 25.0. The Bertz CT molecular complexity index is 1560. The van der Waals surface area contributed by atoms with Crippen LogP contribution in [0.2, 0.25) is 0 Å². The highest BCUT2D eigenvalue weighted by Crippen LogP contribution is 2.29. The number of fused-ring (bicyclic) bond motifs is 1. The molecule has 41 heavy (non-hydrogen) atoms. The molecule has 10 nitrogen and oxygen atoms in total. The molecular formula is C29H40FN7O3S. The molecule has 2 aromatic heterocycles. The molecule has 0 amide bonds. The number of rotatable bonds is 8. The van der Waals surface area contributed by atoms with Crippen LogP contribution in [0.5, 0.6) is 0 Å². The van der Waals surface area contributed by atoms with Gasteiger partial charge >= 0.3 is 0 Å². The van der Waals surface area contributed by atoms with E-state index in [9.17, 15) is 13.2 Å². The first-order valence-electron chi connectivity index (χ1n) is 14.6. The monoisotopic (exact) mass is 585 g/mol. The maximum absolute atomic E-state index is 15.2. The normalized spacial score (nSPS) is 20.6. The number of nitrogens with one attached hydrogen (secondary N) is 2. The van der Waals surface area contributed by atoms with E-state index >= 15 is 4.39 Å². The Morgan fingerprint density at radius 3 is 2.37 bits per heavy atom. The van der Waals surface area contributed by atoms with Gasteiger partial charge in [-0.25, -0.2) is 22.8 Å². The zero-order valence-electron chi connectivity index (χ0n) is 24.2. The van der Waals surface area contributed by atoms with E-state index in [0.717, 1.165) is 51.0 Å². The first kappa shape index (κ1) is 29.4. The SMILES string of the molecule is CC(C)n1c(=O)c(-c2ccc(NS(=O)(=O)C3CCCCC3)c(F)c2)nc2cnc(NC3CCC(N(C)C)CC3)nc21. The summed E-state index contributed by atoms with van der Waals surface area (Å²) in [5, 5.41) is 2.91. The fourth-order valence-electron chi connectivity index (χ4n) is 6.01. The van der Waals surface area contributed by atoms with Crippen molar-refractivity contribution in [3.05, 3.63) is 40.6 Å². The molecule has 0 unspecified atom stereocenters. The standard InChI is InChI=1S/C29H40FN7O3S/c1-18(2)37-27-25(17-31-29(34-27)32-20-11-13-21(14-12-20)36(3)4)33-26(28(37)38)19-10-15-24(23(30)16-19)35-41(39,40)22-8-6-5-7-9-22/h10,15-18,20-22,35H,5-9,11-14H2,1-4H3,(H,31,32,34). The number of anilines is 2. The molecule has 222 valence electrons. The van der Waals surface area contributed by atoms with Crippen LogP contribution in [0, 0.1) is 5.82 Å². The van der Waals surface area contributed by atoms with Crippen LogP contribution < -0.4 is 15.6 Å². The van der Waals surface area contributed by atoms with E-state index in [1.54, 1.807) is 10.8 Å². The summed E-state index contributed by atoms with van der Waals surface area (Å²) >= 11 is 0.